The number of H-pyrrole nitrogens is 1. The monoisotopic (exact) mass is 585 g/mol. The Balaban J connectivity index is 1.14. The van der Waals surface area contributed by atoms with Gasteiger partial charge in [-0.3, -0.25) is 0 Å². The van der Waals surface area contributed by atoms with Crippen LogP contribution in [0.3, 0.4) is 0 Å². The van der Waals surface area contributed by atoms with E-state index in [0.717, 1.165) is 47.7 Å². The molecular weight excluding hydrogens is 546 g/mol. The fourth-order valence-corrected chi connectivity index (χ4v) is 7.18. The second-order valence-corrected chi connectivity index (χ2v) is 13.3. The third-order valence-corrected chi connectivity index (χ3v) is 9.67. The zero-order valence-electron chi connectivity index (χ0n) is 24.7. The lowest BCUT2D eigenvalue weighted by molar-refractivity contribution is 0.0598. The second-order valence-electron chi connectivity index (χ2n) is 12.9. The summed E-state index contributed by atoms with van der Waals surface area (Å²) in [5.41, 5.74) is 4.08. The highest BCUT2D eigenvalue weighted by Gasteiger charge is 2.37. The Bertz CT molecular complexity index is 1540. The first-order chi connectivity index (χ1) is 20.3. The normalized spacial score (nSPS) is 20.9. The molecule has 42 heavy (non-hydrogen) atoms. The predicted molar refractivity (Wildman–Crippen MR) is 169 cm³/mol. The van der Waals surface area contributed by atoms with Gasteiger partial charge in [0, 0.05) is 41.4 Å². The van der Waals surface area contributed by atoms with Crippen LogP contribution in [0.5, 0.6) is 11.5 Å². The van der Waals surface area contributed by atoms with Gasteiger partial charge in [-0.05, 0) is 104 Å². The van der Waals surface area contributed by atoms with Crippen LogP contribution < -0.4 is 9.64 Å². The molecule has 2 atom stereocenters. The number of esters is 1. The van der Waals surface area contributed by atoms with Gasteiger partial charge in [-0.1, -0.05) is 37.6 Å². The van der Waals surface area contributed by atoms with Gasteiger partial charge in [0.2, 0.25) is 0 Å². The quantitative estimate of drug-likeness (QED) is 0.219. The Labute approximate surface area is 253 Å². The van der Waals surface area contributed by atoms with E-state index in [1.54, 1.807) is 6.20 Å². The van der Waals surface area contributed by atoms with Crippen molar-refractivity contribution in [2.24, 2.45) is 17.3 Å². The summed E-state index contributed by atoms with van der Waals surface area (Å²) < 4.78 is 11.3. The molecule has 2 aromatic heterocycles. The summed E-state index contributed by atoms with van der Waals surface area (Å²) in [6.45, 7) is 6.82. The maximum absolute atomic E-state index is 12.6. The number of piperidine rings is 1. The first-order valence-corrected chi connectivity index (χ1v) is 15.5. The molecule has 3 heterocycles. The van der Waals surface area contributed by atoms with Crippen molar-refractivity contribution in [3.8, 4) is 11.5 Å². The summed E-state index contributed by atoms with van der Waals surface area (Å²) in [6.07, 6.45) is 10.9. The number of fused-ring (bicyclic) bond motifs is 1. The lowest BCUT2D eigenvalue weighted by Gasteiger charge is -2.43. The average molecular weight is 586 g/mol. The number of nitrogens with zero attached hydrogens (tertiary/aromatic N) is 2. The molecule has 0 radical (unpaired) electrons. The van der Waals surface area contributed by atoms with Crippen molar-refractivity contribution in [2.45, 2.75) is 58.3 Å². The van der Waals surface area contributed by atoms with Crippen LogP contribution in [0.25, 0.3) is 11.0 Å². The van der Waals surface area contributed by atoms with Crippen molar-refractivity contribution in [3.05, 3.63) is 83.1 Å². The Morgan fingerprint density at radius 3 is 2.62 bits per heavy atom. The molecule has 2 aliphatic rings. The van der Waals surface area contributed by atoms with Crippen molar-refractivity contribution >= 4 is 34.3 Å². The van der Waals surface area contributed by atoms with E-state index in [9.17, 15) is 4.79 Å². The summed E-state index contributed by atoms with van der Waals surface area (Å²) in [5.74, 6) is 2.65. The highest BCUT2D eigenvalue weighted by molar-refractivity contribution is 6.30. The highest BCUT2D eigenvalue weighted by Crippen LogP contribution is 2.49. The van der Waals surface area contributed by atoms with Gasteiger partial charge in [0.15, 0.2) is 0 Å². The number of rotatable bonds is 7. The molecule has 6 nitrogen and oxygen atoms in total. The third kappa shape index (κ3) is 6.29. The number of aromatic nitrogens is 2. The molecule has 2 aromatic carbocycles. The number of hydrogen-bond donors (Lipinski definition) is 1. The number of methoxy groups -OCH3 is 1. The van der Waals surface area contributed by atoms with E-state index in [1.165, 1.54) is 38.4 Å². The zero-order chi connectivity index (χ0) is 29.3. The van der Waals surface area contributed by atoms with Crippen molar-refractivity contribution in [1.82, 2.24) is 9.97 Å². The molecule has 1 aliphatic heterocycles. The van der Waals surface area contributed by atoms with Crippen molar-refractivity contribution in [3.63, 3.8) is 0 Å². The summed E-state index contributed by atoms with van der Waals surface area (Å²) in [5, 5.41) is 1.76. The first kappa shape index (κ1) is 28.6. The number of benzene rings is 2. The Kier molecular flexibility index (Phi) is 8.17. The van der Waals surface area contributed by atoms with Crippen LogP contribution in [0.4, 0.5) is 5.69 Å². The number of aromatic amines is 1. The molecule has 0 bridgehead atoms. The van der Waals surface area contributed by atoms with Gasteiger partial charge in [-0.25, -0.2) is 9.78 Å². The lowest BCUT2D eigenvalue weighted by Crippen LogP contribution is -2.36. The van der Waals surface area contributed by atoms with E-state index in [1.807, 2.05) is 48.7 Å². The van der Waals surface area contributed by atoms with Crippen LogP contribution in [0, 0.1) is 17.3 Å². The number of nitrogens with one attached hydrogen (secondary N) is 1. The number of hydrogen-bond acceptors (Lipinski definition) is 5. The molecule has 6 rings (SSSR count). The molecule has 1 N–H and O–H groups in total. The van der Waals surface area contributed by atoms with Crippen LogP contribution in [-0.4, -0.2) is 36.1 Å². The number of ether oxygens (including phenoxy) is 2. The summed E-state index contributed by atoms with van der Waals surface area (Å²) in [7, 11) is 1.39. The predicted octanol–water partition coefficient (Wildman–Crippen LogP) is 9.01. The molecule has 1 saturated heterocycles. The fourth-order valence-electron chi connectivity index (χ4n) is 7.05. The van der Waals surface area contributed by atoms with Crippen molar-refractivity contribution in [2.75, 3.05) is 25.1 Å². The molecule has 0 amide bonds. The number of pyridine rings is 1. The molecule has 1 aliphatic carbocycles. The van der Waals surface area contributed by atoms with Gasteiger partial charge in [-0.15, -0.1) is 0 Å². The molecular formula is C35H40ClN3O3. The number of halogens is 1. The number of anilines is 1. The van der Waals surface area contributed by atoms with Crippen molar-refractivity contribution < 1.29 is 14.3 Å². The number of carbonyl (C=O) groups is 1. The molecule has 2 unspecified atom stereocenters. The standard InChI is InChI=1S/C35H40ClN3O3/c1-35(2)14-10-25(31(21-35)24-4-6-27(36)7-5-24)18-23-12-16-39(17-13-23)28-8-9-30(34(40)41-3)32(20-28)42-29-19-26-11-15-37-33(26)38-22-29/h4-9,11,15,19-20,22-23,25,31H,10,12-14,16-18,21H2,1-3H3,(H,37,38). The molecule has 0 spiro atoms. The van der Waals surface area contributed by atoms with E-state index in [0.29, 0.717) is 40.2 Å². The molecule has 4 aromatic rings. The Morgan fingerprint density at radius 2 is 1.86 bits per heavy atom. The van der Waals surface area contributed by atoms with Gasteiger partial charge in [0.25, 0.3) is 0 Å². The summed E-state index contributed by atoms with van der Waals surface area (Å²) in [4.78, 5) is 22.5. The van der Waals surface area contributed by atoms with Gasteiger partial charge >= 0.3 is 5.97 Å². The van der Waals surface area contributed by atoms with Gasteiger partial charge in [0.05, 0.1) is 13.3 Å². The van der Waals surface area contributed by atoms with Crippen molar-refractivity contribution in [1.29, 1.82) is 0 Å². The zero-order valence-corrected chi connectivity index (χ0v) is 25.5. The van der Waals surface area contributed by atoms with E-state index >= 15 is 0 Å². The van der Waals surface area contributed by atoms with Crippen LogP contribution in [0.15, 0.2) is 67.0 Å². The van der Waals surface area contributed by atoms with Crippen LogP contribution in [0.2, 0.25) is 5.02 Å². The second kappa shape index (κ2) is 12.0. The Hall–Kier alpha value is -3.51. The smallest absolute Gasteiger partial charge is 0.341 e. The highest BCUT2D eigenvalue weighted by atomic mass is 35.5. The van der Waals surface area contributed by atoms with Gasteiger partial charge in [-0.2, -0.15) is 0 Å². The van der Waals surface area contributed by atoms with Gasteiger partial charge < -0.3 is 19.4 Å². The van der Waals surface area contributed by atoms with E-state index in [-0.39, 0.29) is 0 Å². The molecule has 7 heteroatoms. The third-order valence-electron chi connectivity index (χ3n) is 9.42. The molecule has 2 fully saturated rings. The average Bonchev–Trinajstić information content (AvgIpc) is 3.46. The summed E-state index contributed by atoms with van der Waals surface area (Å²) in [6, 6.07) is 18.2. The van der Waals surface area contributed by atoms with Gasteiger partial charge in [0.1, 0.15) is 22.7 Å². The minimum atomic E-state index is -0.420. The van der Waals surface area contributed by atoms with Crippen LogP contribution >= 0.6 is 11.6 Å². The first-order valence-electron chi connectivity index (χ1n) is 15.1. The topological polar surface area (TPSA) is 67.4 Å². The maximum Gasteiger partial charge on any atom is 0.341 e. The SMILES string of the molecule is COC(=O)c1ccc(N2CCC(CC3CCC(C)(C)CC3c3ccc(Cl)cc3)CC2)cc1Oc1cnc2[nH]ccc2c1. The van der Waals surface area contributed by atoms with E-state index in [4.69, 9.17) is 21.1 Å². The maximum atomic E-state index is 12.6. The molecule has 1 saturated carbocycles. The fraction of sp³-hybridized carbons (Fsp3) is 0.429. The lowest BCUT2D eigenvalue weighted by atomic mass is 9.63. The van der Waals surface area contributed by atoms with E-state index < -0.39 is 5.97 Å². The Morgan fingerprint density at radius 1 is 1.07 bits per heavy atom. The molecule has 220 valence electrons. The largest absolute Gasteiger partial charge is 0.465 e. The van der Waals surface area contributed by atoms with Crippen LogP contribution in [0.1, 0.15) is 74.2 Å². The number of carbonyl (C=O) groups excluding carboxylic acids is 1. The summed E-state index contributed by atoms with van der Waals surface area (Å²) >= 11 is 6.22. The minimum Gasteiger partial charge on any atom is -0.465 e. The van der Waals surface area contributed by atoms with Crippen LogP contribution in [-0.2, 0) is 4.74 Å². The minimum absolute atomic E-state index is 0.379. The van der Waals surface area contributed by atoms with E-state index in [2.05, 4.69) is 40.8 Å².